The third kappa shape index (κ3) is 7.98. The van der Waals surface area contributed by atoms with Crippen molar-refractivity contribution in [2.24, 2.45) is 35.5 Å². The number of aliphatic hydroxyl groups excluding tert-OH is 3. The summed E-state index contributed by atoms with van der Waals surface area (Å²) in [5.41, 5.74) is -0.978. The van der Waals surface area contributed by atoms with Gasteiger partial charge in [0.15, 0.2) is 11.9 Å². The number of ketones is 1. The van der Waals surface area contributed by atoms with Crippen LogP contribution >= 0.6 is 11.6 Å². The highest BCUT2D eigenvalue weighted by molar-refractivity contribution is 6.32. The van der Waals surface area contributed by atoms with Gasteiger partial charge in [-0.1, -0.05) is 60.1 Å². The van der Waals surface area contributed by atoms with Crippen LogP contribution in [0.4, 0.5) is 0 Å². The summed E-state index contributed by atoms with van der Waals surface area (Å²) in [6, 6.07) is 1.52. The van der Waals surface area contributed by atoms with Gasteiger partial charge in [0, 0.05) is 42.2 Å². The summed E-state index contributed by atoms with van der Waals surface area (Å²) in [6.45, 7) is 17.9. The molecule has 58 heavy (non-hydrogen) atoms. The number of aromatic hydroxyl groups is 1. The Bertz CT molecular complexity index is 1740. The van der Waals surface area contributed by atoms with E-state index in [1.807, 2.05) is 20.8 Å². The summed E-state index contributed by atoms with van der Waals surface area (Å²) in [6.07, 6.45) is -2.84. The fraction of sp³-hybridized carbons (Fsp3) is 0.744. The van der Waals surface area contributed by atoms with Gasteiger partial charge in [-0.3, -0.25) is 4.79 Å². The number of halogens is 1. The molecule has 5 rings (SSSR count). The molecular formula is C43H63ClO14. The van der Waals surface area contributed by atoms with Crippen LogP contribution in [0.15, 0.2) is 18.2 Å². The van der Waals surface area contributed by atoms with Gasteiger partial charge in [-0.15, -0.1) is 0 Å². The summed E-state index contributed by atoms with van der Waals surface area (Å²) in [4.78, 5) is 39.0. The molecule has 1 aromatic carbocycles. The minimum absolute atomic E-state index is 0.0417. The normalized spacial score (nSPS) is 38.7. The van der Waals surface area contributed by atoms with E-state index in [9.17, 15) is 39.9 Å². The van der Waals surface area contributed by atoms with Gasteiger partial charge in [-0.25, -0.2) is 9.59 Å². The number of esters is 1. The highest BCUT2D eigenvalue weighted by Crippen LogP contribution is 2.56. The molecule has 0 aliphatic carbocycles. The first-order valence-corrected chi connectivity index (χ1v) is 20.8. The number of carboxylic acid groups (broad SMARTS) is 1. The number of aryl methyl sites for hydroxylation is 1. The van der Waals surface area contributed by atoms with Gasteiger partial charge in [0.2, 0.25) is 5.79 Å². The zero-order valence-electron chi connectivity index (χ0n) is 35.4. The molecule has 0 bridgehead atoms. The molecule has 0 saturated carbocycles. The number of benzene rings is 1. The number of rotatable bonds is 13. The van der Waals surface area contributed by atoms with Crippen molar-refractivity contribution in [1.29, 1.82) is 0 Å². The lowest BCUT2D eigenvalue weighted by Gasteiger charge is -2.54. The molecule has 0 amide bonds. The Kier molecular flexibility index (Phi) is 13.9. The van der Waals surface area contributed by atoms with Gasteiger partial charge < -0.3 is 54.0 Å². The quantitative estimate of drug-likeness (QED) is 0.126. The molecule has 2 spiro atoms. The van der Waals surface area contributed by atoms with Crippen LogP contribution in [0, 0.1) is 42.4 Å². The highest BCUT2D eigenvalue weighted by atomic mass is 35.5. The van der Waals surface area contributed by atoms with Crippen LogP contribution in [0.1, 0.15) is 109 Å². The maximum Gasteiger partial charge on any atom is 0.339 e. The van der Waals surface area contributed by atoms with Crippen molar-refractivity contribution in [3.63, 3.8) is 0 Å². The van der Waals surface area contributed by atoms with Crippen molar-refractivity contribution in [1.82, 2.24) is 0 Å². The highest BCUT2D eigenvalue weighted by Gasteiger charge is 2.70. The standard InChI is InChI=1S/C43H63ClO14/c1-12-54-40(52)37-28(45)18-30(55-37)41(10)38(53-11)26(9)43(57-41)29(46)13-14-42(58-43)23(6)16-22(5)36(56-42)25(8)35(49)24(7)33(47)20(3)15-19(2)31-27(44)17-21(4)34(48)32(31)39(50)51/h13-14,17,19-20,22-26,28-30,33,36-38,45-48H,12,15-16,18H2,1-11H3,(H,50,51)/t19-,20+,22-,23+,24-,25-,26+,28+,29+,30+,33-,36-,37?,38+,41+,42-,43?/m0/s1. The zero-order valence-corrected chi connectivity index (χ0v) is 36.2. The number of Topliss-reactive ketones (excluding diaryl/α,β-unsaturated/α-hetero) is 1. The zero-order chi connectivity index (χ0) is 43.4. The van der Waals surface area contributed by atoms with E-state index in [2.05, 4.69) is 0 Å². The lowest BCUT2D eigenvalue weighted by Crippen LogP contribution is -2.64. The van der Waals surface area contributed by atoms with Crippen LogP contribution in [-0.2, 0) is 38.0 Å². The molecule has 326 valence electrons. The molecule has 17 atom stereocenters. The smallest absolute Gasteiger partial charge is 0.339 e. The third-order valence-electron chi connectivity index (χ3n) is 13.5. The van der Waals surface area contributed by atoms with E-state index in [0.29, 0.717) is 12.0 Å². The number of hydrogen-bond acceptors (Lipinski definition) is 13. The average Bonchev–Trinajstić information content (AvgIpc) is 3.66. The third-order valence-corrected chi connectivity index (χ3v) is 13.8. The van der Waals surface area contributed by atoms with Crippen molar-refractivity contribution in [2.75, 3.05) is 13.7 Å². The number of carbonyl (C=O) groups is 3. The molecule has 1 aromatic rings. The second-order valence-corrected chi connectivity index (χ2v) is 18.0. The molecule has 0 radical (unpaired) electrons. The van der Waals surface area contributed by atoms with Gasteiger partial charge in [0.05, 0.1) is 37.1 Å². The molecule has 0 aromatic heterocycles. The second kappa shape index (κ2) is 17.4. The van der Waals surface area contributed by atoms with Crippen molar-refractivity contribution in [3.05, 3.63) is 39.9 Å². The number of hydrogen-bond donors (Lipinski definition) is 5. The first-order chi connectivity index (χ1) is 27.0. The Labute approximate surface area is 346 Å². The molecule has 3 fully saturated rings. The van der Waals surface area contributed by atoms with Gasteiger partial charge in [0.1, 0.15) is 28.8 Å². The lowest BCUT2D eigenvalue weighted by molar-refractivity contribution is -0.414. The fourth-order valence-electron chi connectivity index (χ4n) is 10.3. The van der Waals surface area contributed by atoms with E-state index in [4.69, 9.17) is 40.0 Å². The first kappa shape index (κ1) is 46.4. The number of ether oxygens (including phenoxy) is 6. The first-order valence-electron chi connectivity index (χ1n) is 20.5. The second-order valence-electron chi connectivity index (χ2n) is 17.6. The molecule has 4 heterocycles. The van der Waals surface area contributed by atoms with Gasteiger partial charge in [0.25, 0.3) is 0 Å². The summed E-state index contributed by atoms with van der Waals surface area (Å²) >= 11 is 6.50. The average molecular weight is 839 g/mol. The number of carboxylic acids is 1. The van der Waals surface area contributed by atoms with Crippen molar-refractivity contribution >= 4 is 29.3 Å². The summed E-state index contributed by atoms with van der Waals surface area (Å²) in [5.74, 6) is -9.24. The van der Waals surface area contributed by atoms with E-state index in [1.165, 1.54) is 13.2 Å². The van der Waals surface area contributed by atoms with Crippen molar-refractivity contribution < 1.29 is 68.3 Å². The predicted molar refractivity (Wildman–Crippen MR) is 211 cm³/mol. The molecule has 5 N–H and O–H groups in total. The van der Waals surface area contributed by atoms with Crippen molar-refractivity contribution in [2.45, 2.75) is 154 Å². The summed E-state index contributed by atoms with van der Waals surface area (Å²) in [7, 11) is 1.51. The monoisotopic (exact) mass is 838 g/mol. The fourth-order valence-corrected chi connectivity index (χ4v) is 10.7. The molecular weight excluding hydrogens is 776 g/mol. The number of aliphatic hydroxyl groups is 3. The van der Waals surface area contributed by atoms with Crippen LogP contribution in [-0.4, -0.2) is 117 Å². The Hall–Kier alpha value is -2.66. The Morgan fingerprint density at radius 3 is 2.33 bits per heavy atom. The van der Waals surface area contributed by atoms with E-state index < -0.39 is 101 Å². The number of aromatic carboxylic acids is 1. The molecule has 3 saturated heterocycles. The summed E-state index contributed by atoms with van der Waals surface area (Å²) in [5, 5.41) is 54.7. The number of carbonyl (C=O) groups excluding carboxylic acids is 2. The van der Waals surface area contributed by atoms with Crippen LogP contribution in [0.2, 0.25) is 5.02 Å². The van der Waals surface area contributed by atoms with E-state index in [0.717, 1.165) is 0 Å². The Morgan fingerprint density at radius 2 is 1.72 bits per heavy atom. The number of methoxy groups -OCH3 is 1. The van der Waals surface area contributed by atoms with Crippen LogP contribution in [0.25, 0.3) is 0 Å². The van der Waals surface area contributed by atoms with Crippen LogP contribution in [0.5, 0.6) is 5.75 Å². The SMILES string of the molecule is CCOC(=O)C1O[C@@H]([C@@]2(C)OC3(O[C@]4(C=C[C@H]3O)O[C@H]([C@@H](C)C(=O)[C@@H](C)[C@@H](O)[C@H](C)C[C@H](C)c3c(Cl)cc(C)c(O)c3C(=O)O)[C@@H](C)C[C@H]4C)[C@H](C)[C@H]2OC)C[C@H]1O. The maximum atomic E-state index is 14.3. The Morgan fingerprint density at radius 1 is 1.07 bits per heavy atom. The minimum Gasteiger partial charge on any atom is -0.507 e. The summed E-state index contributed by atoms with van der Waals surface area (Å²) < 4.78 is 37.8. The minimum atomic E-state index is -1.72. The molecule has 14 nitrogen and oxygen atoms in total. The molecule has 4 aliphatic rings. The van der Waals surface area contributed by atoms with Crippen LogP contribution in [0.3, 0.4) is 0 Å². The van der Waals surface area contributed by atoms with E-state index in [-0.39, 0.29) is 59.0 Å². The van der Waals surface area contributed by atoms with Crippen molar-refractivity contribution in [3.8, 4) is 5.75 Å². The van der Waals surface area contributed by atoms with Gasteiger partial charge in [-0.05, 0) is 80.7 Å². The predicted octanol–water partition coefficient (Wildman–Crippen LogP) is 5.31. The topological polar surface area (TPSA) is 208 Å². The molecule has 2 unspecified atom stereocenters. The maximum absolute atomic E-state index is 14.3. The largest absolute Gasteiger partial charge is 0.507 e. The molecule has 15 heteroatoms. The van der Waals surface area contributed by atoms with Gasteiger partial charge in [-0.2, -0.15) is 0 Å². The van der Waals surface area contributed by atoms with Gasteiger partial charge >= 0.3 is 11.9 Å². The Balaban J connectivity index is 1.35. The lowest BCUT2D eigenvalue weighted by atomic mass is 9.74. The molecule has 4 aliphatic heterocycles. The van der Waals surface area contributed by atoms with Crippen LogP contribution < -0.4 is 0 Å². The van der Waals surface area contributed by atoms with E-state index >= 15 is 0 Å². The van der Waals surface area contributed by atoms with E-state index in [1.54, 1.807) is 60.6 Å². The number of phenols is 1.